The van der Waals surface area contributed by atoms with Gasteiger partial charge in [0.15, 0.2) is 0 Å². The molecule has 14 heavy (non-hydrogen) atoms. The first-order chi connectivity index (χ1) is 6.54. The number of halogens is 3. The third-order valence-corrected chi connectivity index (χ3v) is 2.98. The number of rotatable bonds is 3. The lowest BCUT2D eigenvalue weighted by molar-refractivity contribution is -0.166. The maximum Gasteiger partial charge on any atom is 0.406 e. The lowest BCUT2D eigenvalue weighted by Crippen LogP contribution is -2.47. The Balaban J connectivity index is 1.80. The Hall–Kier alpha value is -0.290. The highest BCUT2D eigenvalue weighted by Crippen LogP contribution is 2.48. The molecule has 0 spiro atoms. The van der Waals surface area contributed by atoms with Crippen molar-refractivity contribution in [3.63, 3.8) is 0 Å². The second kappa shape index (κ2) is 3.38. The van der Waals surface area contributed by atoms with Gasteiger partial charge >= 0.3 is 6.18 Å². The summed E-state index contributed by atoms with van der Waals surface area (Å²) in [5, 5.41) is 2.60. The Morgan fingerprint density at radius 3 is 2.50 bits per heavy atom. The van der Waals surface area contributed by atoms with Gasteiger partial charge in [-0.05, 0) is 25.7 Å². The van der Waals surface area contributed by atoms with Gasteiger partial charge in [0.1, 0.15) is 5.54 Å². The fourth-order valence-corrected chi connectivity index (χ4v) is 1.80. The number of nitrogens with one attached hydrogen (secondary N) is 1. The van der Waals surface area contributed by atoms with Crippen molar-refractivity contribution < 1.29 is 17.9 Å². The second-order valence-corrected chi connectivity index (χ2v) is 4.10. The molecule has 1 aliphatic heterocycles. The summed E-state index contributed by atoms with van der Waals surface area (Å²) in [5.41, 5.74) is -1.58. The molecule has 1 heterocycles. The van der Waals surface area contributed by atoms with Crippen molar-refractivity contribution in [2.45, 2.75) is 43.5 Å². The summed E-state index contributed by atoms with van der Waals surface area (Å²) in [6.45, 7) is 1.02. The minimum atomic E-state index is -4.11. The van der Waals surface area contributed by atoms with Crippen molar-refractivity contribution in [1.29, 1.82) is 0 Å². The molecule has 2 fully saturated rings. The monoisotopic (exact) mass is 209 g/mol. The van der Waals surface area contributed by atoms with Gasteiger partial charge in [0, 0.05) is 13.2 Å². The van der Waals surface area contributed by atoms with Gasteiger partial charge in [-0.3, -0.25) is 0 Å². The standard InChI is InChI=1S/C9H14F3NO/c10-9(11,12)8(3-4-8)13-6-7-2-1-5-14-7/h7,13H,1-6H2. The summed E-state index contributed by atoms with van der Waals surface area (Å²) in [6, 6.07) is 0. The quantitative estimate of drug-likeness (QED) is 0.765. The first-order valence-electron chi connectivity index (χ1n) is 4.97. The highest BCUT2D eigenvalue weighted by Gasteiger charge is 2.63. The summed E-state index contributed by atoms with van der Waals surface area (Å²) in [7, 11) is 0. The van der Waals surface area contributed by atoms with E-state index in [9.17, 15) is 13.2 Å². The number of alkyl halides is 3. The van der Waals surface area contributed by atoms with Gasteiger partial charge in [0.05, 0.1) is 6.10 Å². The lowest BCUT2D eigenvalue weighted by Gasteiger charge is -2.22. The van der Waals surface area contributed by atoms with Gasteiger partial charge in [-0.2, -0.15) is 13.2 Å². The van der Waals surface area contributed by atoms with Gasteiger partial charge in [-0.1, -0.05) is 0 Å². The van der Waals surface area contributed by atoms with Crippen LogP contribution in [0.4, 0.5) is 13.2 Å². The van der Waals surface area contributed by atoms with Crippen molar-refractivity contribution in [2.75, 3.05) is 13.2 Å². The van der Waals surface area contributed by atoms with E-state index < -0.39 is 11.7 Å². The molecule has 2 aliphatic rings. The highest BCUT2D eigenvalue weighted by atomic mass is 19.4. The normalized spacial score (nSPS) is 30.6. The van der Waals surface area contributed by atoms with Crippen LogP contribution < -0.4 is 5.32 Å². The number of hydrogen-bond donors (Lipinski definition) is 1. The first kappa shape index (κ1) is 10.2. The molecule has 0 aromatic carbocycles. The Morgan fingerprint density at radius 2 is 2.07 bits per heavy atom. The van der Waals surface area contributed by atoms with E-state index in [4.69, 9.17) is 4.74 Å². The van der Waals surface area contributed by atoms with Crippen molar-refractivity contribution in [3.8, 4) is 0 Å². The van der Waals surface area contributed by atoms with E-state index in [1.165, 1.54) is 0 Å². The van der Waals surface area contributed by atoms with Crippen LogP contribution in [0, 0.1) is 0 Å². The van der Waals surface area contributed by atoms with Crippen LogP contribution in [-0.2, 0) is 4.74 Å². The van der Waals surface area contributed by atoms with E-state index in [-0.39, 0.29) is 18.9 Å². The molecule has 1 unspecified atom stereocenters. The molecule has 2 nitrogen and oxygen atoms in total. The third-order valence-electron chi connectivity index (χ3n) is 2.98. The smallest absolute Gasteiger partial charge is 0.377 e. The van der Waals surface area contributed by atoms with Gasteiger partial charge in [-0.25, -0.2) is 0 Å². The maximum atomic E-state index is 12.5. The SMILES string of the molecule is FC(F)(F)C1(NCC2CCCO2)CC1. The Labute approximate surface area is 80.8 Å². The van der Waals surface area contributed by atoms with Crippen LogP contribution in [0.2, 0.25) is 0 Å². The number of hydrogen-bond acceptors (Lipinski definition) is 2. The van der Waals surface area contributed by atoms with E-state index in [0.29, 0.717) is 13.2 Å². The van der Waals surface area contributed by atoms with Crippen molar-refractivity contribution in [2.24, 2.45) is 0 Å². The fourth-order valence-electron chi connectivity index (χ4n) is 1.80. The first-order valence-corrected chi connectivity index (χ1v) is 4.97. The van der Waals surface area contributed by atoms with Crippen LogP contribution in [0.3, 0.4) is 0 Å². The van der Waals surface area contributed by atoms with Crippen LogP contribution in [0.15, 0.2) is 0 Å². The largest absolute Gasteiger partial charge is 0.406 e. The molecule has 0 aromatic heterocycles. The zero-order valence-electron chi connectivity index (χ0n) is 7.86. The van der Waals surface area contributed by atoms with Gasteiger partial charge in [0.2, 0.25) is 0 Å². The van der Waals surface area contributed by atoms with Gasteiger partial charge in [-0.15, -0.1) is 0 Å². The molecule has 0 amide bonds. The van der Waals surface area contributed by atoms with Crippen LogP contribution in [0.1, 0.15) is 25.7 Å². The molecular formula is C9H14F3NO. The Kier molecular flexibility index (Phi) is 2.47. The Morgan fingerprint density at radius 1 is 1.36 bits per heavy atom. The third kappa shape index (κ3) is 1.88. The van der Waals surface area contributed by atoms with Crippen molar-refractivity contribution in [3.05, 3.63) is 0 Å². The zero-order valence-corrected chi connectivity index (χ0v) is 7.86. The second-order valence-electron chi connectivity index (χ2n) is 4.10. The highest BCUT2D eigenvalue weighted by molar-refractivity contribution is 5.08. The fraction of sp³-hybridized carbons (Fsp3) is 1.00. The van der Waals surface area contributed by atoms with E-state index in [1.807, 2.05) is 0 Å². The van der Waals surface area contributed by atoms with Crippen LogP contribution in [0.25, 0.3) is 0 Å². The molecule has 1 aliphatic carbocycles. The molecule has 5 heteroatoms. The maximum absolute atomic E-state index is 12.5. The average Bonchev–Trinajstić information content (AvgIpc) is 2.72. The molecular weight excluding hydrogens is 195 g/mol. The molecule has 0 aromatic rings. The molecule has 1 N–H and O–H groups in total. The molecule has 82 valence electrons. The molecule has 0 bridgehead atoms. The van der Waals surface area contributed by atoms with Gasteiger partial charge in [0.25, 0.3) is 0 Å². The van der Waals surface area contributed by atoms with Crippen molar-refractivity contribution >= 4 is 0 Å². The number of ether oxygens (including phenoxy) is 1. The zero-order chi connectivity index (χ0) is 10.2. The summed E-state index contributed by atoms with van der Waals surface area (Å²) in [5.74, 6) is 0. The Bertz CT molecular complexity index is 207. The molecule has 1 saturated carbocycles. The minimum absolute atomic E-state index is 0.0187. The average molecular weight is 209 g/mol. The summed E-state index contributed by atoms with van der Waals surface area (Å²) in [4.78, 5) is 0. The molecule has 1 atom stereocenters. The van der Waals surface area contributed by atoms with E-state index in [2.05, 4.69) is 5.32 Å². The summed E-state index contributed by atoms with van der Waals surface area (Å²) < 4.78 is 42.7. The van der Waals surface area contributed by atoms with E-state index in [1.54, 1.807) is 0 Å². The summed E-state index contributed by atoms with van der Waals surface area (Å²) in [6.07, 6.45) is -1.86. The van der Waals surface area contributed by atoms with Crippen LogP contribution in [-0.4, -0.2) is 31.0 Å². The molecule has 1 saturated heterocycles. The van der Waals surface area contributed by atoms with E-state index in [0.717, 1.165) is 12.8 Å². The van der Waals surface area contributed by atoms with Crippen LogP contribution >= 0.6 is 0 Å². The van der Waals surface area contributed by atoms with Gasteiger partial charge < -0.3 is 10.1 Å². The summed E-state index contributed by atoms with van der Waals surface area (Å²) >= 11 is 0. The molecule has 2 rings (SSSR count). The van der Waals surface area contributed by atoms with Crippen LogP contribution in [0.5, 0.6) is 0 Å². The topological polar surface area (TPSA) is 21.3 Å². The van der Waals surface area contributed by atoms with Crippen molar-refractivity contribution in [1.82, 2.24) is 5.32 Å². The predicted octanol–water partition coefficient (Wildman–Crippen LogP) is 1.85. The minimum Gasteiger partial charge on any atom is -0.377 e. The van der Waals surface area contributed by atoms with E-state index >= 15 is 0 Å². The lowest BCUT2D eigenvalue weighted by atomic mass is 10.2. The predicted molar refractivity (Wildman–Crippen MR) is 45.0 cm³/mol. The molecule has 0 radical (unpaired) electrons.